The molecule has 1 N–H and O–H groups in total. The lowest BCUT2D eigenvalue weighted by Crippen LogP contribution is -2.20. The van der Waals surface area contributed by atoms with E-state index in [0.717, 1.165) is 35.3 Å². The molecule has 0 saturated carbocycles. The number of nitrogens with zero attached hydrogens (tertiary/aromatic N) is 2. The van der Waals surface area contributed by atoms with Crippen LogP contribution in [0.2, 0.25) is 0 Å². The average Bonchev–Trinajstić information content (AvgIpc) is 3.08. The zero-order chi connectivity index (χ0) is 14.2. The summed E-state index contributed by atoms with van der Waals surface area (Å²) in [5.41, 5.74) is 3.07. The fourth-order valence-corrected chi connectivity index (χ4v) is 3.04. The number of hydrogen-bond acceptors (Lipinski definition) is 3. The second kappa shape index (κ2) is 4.90. The van der Waals surface area contributed by atoms with Gasteiger partial charge in [-0.2, -0.15) is 0 Å². The van der Waals surface area contributed by atoms with Crippen molar-refractivity contribution in [2.24, 2.45) is 0 Å². The van der Waals surface area contributed by atoms with E-state index in [0.29, 0.717) is 0 Å². The fraction of sp³-hybridized carbons (Fsp3) is 0.235. The van der Waals surface area contributed by atoms with E-state index >= 15 is 0 Å². The minimum Gasteiger partial charge on any atom is -0.488 e. The Balaban J connectivity index is 1.64. The number of hydrogen-bond donors (Lipinski definition) is 1. The van der Waals surface area contributed by atoms with Crippen LogP contribution in [0.1, 0.15) is 11.1 Å². The molecule has 0 radical (unpaired) electrons. The van der Waals surface area contributed by atoms with Gasteiger partial charge in [0.1, 0.15) is 17.5 Å². The molecular weight excluding hydrogens is 264 g/mol. The van der Waals surface area contributed by atoms with Crippen molar-refractivity contribution in [1.82, 2.24) is 9.55 Å². The Kier molecular flexibility index (Phi) is 2.89. The Bertz CT molecular complexity index is 769. The number of fused-ring (bicyclic) bond motifs is 2. The number of aliphatic hydroxyl groups is 1. The molecule has 0 bridgehead atoms. The van der Waals surface area contributed by atoms with Crippen molar-refractivity contribution in [1.29, 1.82) is 0 Å². The van der Waals surface area contributed by atoms with Gasteiger partial charge in [-0.05, 0) is 23.8 Å². The quantitative estimate of drug-likeness (QED) is 0.802. The summed E-state index contributed by atoms with van der Waals surface area (Å²) in [4.78, 5) is 4.44. The Labute approximate surface area is 122 Å². The van der Waals surface area contributed by atoms with Gasteiger partial charge in [-0.25, -0.2) is 4.98 Å². The summed E-state index contributed by atoms with van der Waals surface area (Å²) in [6.07, 6.45) is 4.79. The van der Waals surface area contributed by atoms with Crippen LogP contribution in [0.15, 0.2) is 48.8 Å². The van der Waals surface area contributed by atoms with Crippen LogP contribution >= 0.6 is 0 Å². The van der Waals surface area contributed by atoms with Gasteiger partial charge in [0, 0.05) is 29.8 Å². The average molecular weight is 280 g/mol. The predicted molar refractivity (Wildman–Crippen MR) is 80.2 cm³/mol. The Morgan fingerprint density at radius 3 is 3.00 bits per heavy atom. The Morgan fingerprint density at radius 2 is 2.14 bits per heavy atom. The van der Waals surface area contributed by atoms with Crippen LogP contribution in [0.3, 0.4) is 0 Å². The van der Waals surface area contributed by atoms with Crippen molar-refractivity contribution < 1.29 is 9.84 Å². The molecule has 0 saturated heterocycles. The molecular formula is C17H16N2O2. The molecule has 0 spiro atoms. The summed E-state index contributed by atoms with van der Waals surface area (Å²) in [7, 11) is 0. The molecule has 1 aliphatic heterocycles. The molecule has 21 heavy (non-hydrogen) atoms. The van der Waals surface area contributed by atoms with Gasteiger partial charge in [0.2, 0.25) is 0 Å². The third-order valence-electron chi connectivity index (χ3n) is 4.00. The number of benzene rings is 1. The van der Waals surface area contributed by atoms with E-state index < -0.39 is 0 Å². The van der Waals surface area contributed by atoms with Gasteiger partial charge < -0.3 is 14.4 Å². The normalized spacial score (nSPS) is 16.9. The van der Waals surface area contributed by atoms with Crippen molar-refractivity contribution in [3.63, 3.8) is 0 Å². The van der Waals surface area contributed by atoms with Crippen LogP contribution < -0.4 is 4.74 Å². The van der Waals surface area contributed by atoms with Crippen LogP contribution in [-0.4, -0.2) is 20.8 Å². The summed E-state index contributed by atoms with van der Waals surface area (Å²) in [5, 5.41) is 10.5. The Morgan fingerprint density at radius 1 is 1.24 bits per heavy atom. The molecule has 1 unspecified atom stereocenters. The number of para-hydroxylation sites is 1. The van der Waals surface area contributed by atoms with Crippen molar-refractivity contribution in [3.05, 3.63) is 59.9 Å². The molecule has 3 aromatic rings. The molecule has 4 rings (SSSR count). The van der Waals surface area contributed by atoms with E-state index in [1.54, 1.807) is 6.20 Å². The van der Waals surface area contributed by atoms with Crippen molar-refractivity contribution >= 4 is 11.0 Å². The second-order valence-corrected chi connectivity index (χ2v) is 5.39. The molecule has 2 aromatic heterocycles. The summed E-state index contributed by atoms with van der Waals surface area (Å²) in [6, 6.07) is 12.1. The summed E-state index contributed by atoms with van der Waals surface area (Å²) >= 11 is 0. The zero-order valence-corrected chi connectivity index (χ0v) is 11.6. The Hall–Kier alpha value is -2.33. The van der Waals surface area contributed by atoms with Crippen LogP contribution in [0.25, 0.3) is 11.0 Å². The first-order chi connectivity index (χ1) is 10.3. The van der Waals surface area contributed by atoms with Gasteiger partial charge in [0.05, 0.1) is 13.2 Å². The van der Waals surface area contributed by atoms with Crippen molar-refractivity contribution in [2.45, 2.75) is 25.7 Å². The van der Waals surface area contributed by atoms with Crippen LogP contribution in [0, 0.1) is 0 Å². The third kappa shape index (κ3) is 2.08. The first kappa shape index (κ1) is 12.4. The number of rotatable bonds is 3. The van der Waals surface area contributed by atoms with E-state index in [1.807, 2.05) is 36.5 Å². The first-order valence-corrected chi connectivity index (χ1v) is 7.13. The highest BCUT2D eigenvalue weighted by molar-refractivity contribution is 5.80. The van der Waals surface area contributed by atoms with E-state index in [1.165, 1.54) is 5.56 Å². The predicted octanol–water partition coefficient (Wildman–Crippen LogP) is 2.53. The molecule has 4 heteroatoms. The maximum atomic E-state index is 9.48. The van der Waals surface area contributed by atoms with Crippen LogP contribution in [0.4, 0.5) is 0 Å². The second-order valence-electron chi connectivity index (χ2n) is 5.39. The summed E-state index contributed by atoms with van der Waals surface area (Å²) in [6.45, 7) is 0.767. The smallest absolute Gasteiger partial charge is 0.140 e. The molecule has 1 aromatic carbocycles. The van der Waals surface area contributed by atoms with Gasteiger partial charge >= 0.3 is 0 Å². The molecule has 0 aliphatic carbocycles. The fourth-order valence-electron chi connectivity index (χ4n) is 3.04. The van der Waals surface area contributed by atoms with E-state index in [9.17, 15) is 5.11 Å². The van der Waals surface area contributed by atoms with E-state index in [-0.39, 0.29) is 12.7 Å². The molecule has 1 aliphatic rings. The number of pyridine rings is 1. The largest absolute Gasteiger partial charge is 0.488 e. The highest BCUT2D eigenvalue weighted by atomic mass is 16.5. The third-order valence-corrected chi connectivity index (χ3v) is 4.00. The summed E-state index contributed by atoms with van der Waals surface area (Å²) < 4.78 is 8.07. The SMILES string of the molecule is OCc1cn(CC2Cc3ccccc3O2)c2ncccc12. The monoisotopic (exact) mass is 280 g/mol. The lowest BCUT2D eigenvalue weighted by molar-refractivity contribution is 0.210. The van der Waals surface area contributed by atoms with Crippen molar-refractivity contribution in [3.8, 4) is 5.75 Å². The minimum atomic E-state index is 0.0287. The van der Waals surface area contributed by atoms with E-state index in [4.69, 9.17) is 4.74 Å². The van der Waals surface area contributed by atoms with Crippen molar-refractivity contribution in [2.75, 3.05) is 0 Å². The topological polar surface area (TPSA) is 47.3 Å². The maximum absolute atomic E-state index is 9.48. The van der Waals surface area contributed by atoms with E-state index in [2.05, 4.69) is 15.6 Å². The molecule has 0 fully saturated rings. The van der Waals surface area contributed by atoms with Gasteiger partial charge in [-0.15, -0.1) is 0 Å². The zero-order valence-electron chi connectivity index (χ0n) is 11.6. The molecule has 106 valence electrons. The van der Waals surface area contributed by atoms with Crippen LogP contribution in [0.5, 0.6) is 5.75 Å². The molecule has 4 nitrogen and oxygen atoms in total. The number of ether oxygens (including phenoxy) is 1. The standard InChI is InChI=1S/C17H16N2O2/c20-11-13-9-19(17-15(13)5-3-7-18-17)10-14-8-12-4-1-2-6-16(12)21-14/h1-7,9,14,20H,8,10-11H2. The first-order valence-electron chi connectivity index (χ1n) is 7.13. The lowest BCUT2D eigenvalue weighted by atomic mass is 10.1. The van der Waals surface area contributed by atoms with Gasteiger partial charge in [0.25, 0.3) is 0 Å². The minimum absolute atomic E-state index is 0.0287. The van der Waals surface area contributed by atoms with Gasteiger partial charge in [0.15, 0.2) is 0 Å². The number of aromatic nitrogens is 2. The maximum Gasteiger partial charge on any atom is 0.140 e. The molecule has 1 atom stereocenters. The lowest BCUT2D eigenvalue weighted by Gasteiger charge is -2.12. The highest BCUT2D eigenvalue weighted by Crippen LogP contribution is 2.29. The van der Waals surface area contributed by atoms with Gasteiger partial charge in [-0.3, -0.25) is 0 Å². The summed E-state index contributed by atoms with van der Waals surface area (Å²) in [5.74, 6) is 0.981. The number of aliphatic hydroxyl groups excluding tert-OH is 1. The molecule has 0 amide bonds. The highest BCUT2D eigenvalue weighted by Gasteiger charge is 2.23. The molecule has 3 heterocycles. The van der Waals surface area contributed by atoms with Crippen LogP contribution in [-0.2, 0) is 19.6 Å². The van der Waals surface area contributed by atoms with Gasteiger partial charge in [-0.1, -0.05) is 18.2 Å².